The minimum atomic E-state index is -0.436. The first-order valence-electron chi connectivity index (χ1n) is 13.7. The van der Waals surface area contributed by atoms with Gasteiger partial charge >= 0.3 is 5.97 Å². The average Bonchev–Trinajstić information content (AvgIpc) is 3.31. The minimum absolute atomic E-state index is 0.129. The number of ether oxygens (including phenoxy) is 1. The maximum atomic E-state index is 12.4. The second-order valence-corrected chi connectivity index (χ2v) is 10.9. The van der Waals surface area contributed by atoms with E-state index in [1.165, 1.54) is 5.56 Å². The summed E-state index contributed by atoms with van der Waals surface area (Å²) in [6.07, 6.45) is 0.889. The fourth-order valence-corrected chi connectivity index (χ4v) is 6.06. The van der Waals surface area contributed by atoms with Gasteiger partial charge in [0.15, 0.2) is 0 Å². The molecule has 1 aliphatic rings. The SMILES string of the molecule is CCOC(=O)c1oc2ccc(SN(CCc3ccccc3)c3ccccc3N3CCN(C(C)=O)CC3)cc2c1C. The second kappa shape index (κ2) is 12.5. The molecule has 1 fully saturated rings. The normalized spacial score (nSPS) is 13.5. The van der Waals surface area contributed by atoms with E-state index in [-0.39, 0.29) is 11.7 Å². The fraction of sp³-hybridized carbons (Fsp3) is 0.312. The molecule has 5 rings (SSSR count). The van der Waals surface area contributed by atoms with Gasteiger partial charge in [0.2, 0.25) is 11.7 Å². The summed E-state index contributed by atoms with van der Waals surface area (Å²) < 4.78 is 13.4. The average molecular weight is 558 g/mol. The highest BCUT2D eigenvalue weighted by molar-refractivity contribution is 8.00. The van der Waals surface area contributed by atoms with Crippen molar-refractivity contribution in [3.05, 3.63) is 89.7 Å². The Bertz CT molecular complexity index is 1480. The highest BCUT2D eigenvalue weighted by Gasteiger charge is 2.24. The van der Waals surface area contributed by atoms with Crippen molar-refractivity contribution < 1.29 is 18.7 Å². The Morgan fingerprint density at radius 3 is 2.42 bits per heavy atom. The molecule has 40 heavy (non-hydrogen) atoms. The van der Waals surface area contributed by atoms with Crippen LogP contribution in [0.1, 0.15) is 35.5 Å². The van der Waals surface area contributed by atoms with E-state index < -0.39 is 5.97 Å². The van der Waals surface area contributed by atoms with Crippen molar-refractivity contribution in [2.45, 2.75) is 32.1 Å². The monoisotopic (exact) mass is 557 g/mol. The van der Waals surface area contributed by atoms with Gasteiger partial charge in [0, 0.05) is 55.5 Å². The lowest BCUT2D eigenvalue weighted by Gasteiger charge is -2.38. The molecule has 0 atom stereocenters. The first-order chi connectivity index (χ1) is 19.4. The Morgan fingerprint density at radius 2 is 1.70 bits per heavy atom. The zero-order chi connectivity index (χ0) is 28.1. The predicted octanol–water partition coefficient (Wildman–Crippen LogP) is 6.34. The van der Waals surface area contributed by atoms with Crippen molar-refractivity contribution in [1.29, 1.82) is 0 Å². The topological polar surface area (TPSA) is 66.2 Å². The van der Waals surface area contributed by atoms with Crippen molar-refractivity contribution >= 4 is 46.2 Å². The summed E-state index contributed by atoms with van der Waals surface area (Å²) in [5, 5.41) is 0.907. The number of rotatable bonds is 9. The van der Waals surface area contributed by atoms with Crippen LogP contribution in [0.2, 0.25) is 0 Å². The van der Waals surface area contributed by atoms with E-state index in [9.17, 15) is 9.59 Å². The number of carbonyl (C=O) groups is 2. The van der Waals surface area contributed by atoms with Gasteiger partial charge in [0.25, 0.3) is 0 Å². The zero-order valence-corrected chi connectivity index (χ0v) is 24.1. The van der Waals surface area contributed by atoms with Crippen molar-refractivity contribution in [3.8, 4) is 0 Å². The largest absolute Gasteiger partial charge is 0.460 e. The maximum absolute atomic E-state index is 12.4. The number of hydrogen-bond donors (Lipinski definition) is 0. The Balaban J connectivity index is 1.45. The van der Waals surface area contributed by atoms with E-state index in [2.05, 4.69) is 63.8 Å². The Kier molecular flexibility index (Phi) is 8.65. The van der Waals surface area contributed by atoms with Gasteiger partial charge in [0.05, 0.1) is 18.0 Å². The third-order valence-corrected chi connectivity index (χ3v) is 8.31. The quantitative estimate of drug-likeness (QED) is 0.176. The number of aryl methyl sites for hydroxylation is 1. The summed E-state index contributed by atoms with van der Waals surface area (Å²) in [6, 6.07) is 25.1. The first-order valence-corrected chi connectivity index (χ1v) is 14.5. The van der Waals surface area contributed by atoms with Crippen LogP contribution in [0.15, 0.2) is 82.1 Å². The van der Waals surface area contributed by atoms with Gasteiger partial charge in [-0.2, -0.15) is 0 Å². The number of nitrogens with zero attached hydrogens (tertiary/aromatic N) is 3. The van der Waals surface area contributed by atoms with Gasteiger partial charge in [-0.1, -0.05) is 42.5 Å². The van der Waals surface area contributed by atoms with Crippen LogP contribution >= 0.6 is 11.9 Å². The molecule has 1 aromatic heterocycles. The van der Waals surface area contributed by atoms with Crippen LogP contribution in [-0.4, -0.2) is 56.1 Å². The molecule has 2 heterocycles. The smallest absolute Gasteiger partial charge is 0.374 e. The summed E-state index contributed by atoms with van der Waals surface area (Å²) in [6.45, 7) is 9.46. The lowest BCUT2D eigenvalue weighted by atomic mass is 10.1. The summed E-state index contributed by atoms with van der Waals surface area (Å²) >= 11 is 1.68. The van der Waals surface area contributed by atoms with E-state index in [0.29, 0.717) is 12.2 Å². The van der Waals surface area contributed by atoms with Crippen LogP contribution in [0.5, 0.6) is 0 Å². The number of benzene rings is 3. The molecule has 8 heteroatoms. The van der Waals surface area contributed by atoms with Gasteiger partial charge in [-0.25, -0.2) is 4.79 Å². The number of anilines is 2. The summed E-state index contributed by atoms with van der Waals surface area (Å²) in [4.78, 5) is 29.6. The van der Waals surface area contributed by atoms with Gasteiger partial charge in [-0.05, 0) is 68.1 Å². The van der Waals surface area contributed by atoms with E-state index >= 15 is 0 Å². The third kappa shape index (κ3) is 6.12. The van der Waals surface area contributed by atoms with Crippen molar-refractivity contribution in [3.63, 3.8) is 0 Å². The van der Waals surface area contributed by atoms with Gasteiger partial charge in [-0.15, -0.1) is 0 Å². The van der Waals surface area contributed by atoms with Crippen LogP contribution in [0, 0.1) is 6.92 Å². The second-order valence-electron chi connectivity index (χ2n) is 9.85. The van der Waals surface area contributed by atoms with E-state index in [1.54, 1.807) is 25.8 Å². The number of esters is 1. The zero-order valence-electron chi connectivity index (χ0n) is 23.3. The van der Waals surface area contributed by atoms with Crippen LogP contribution in [-0.2, 0) is 16.0 Å². The molecular weight excluding hydrogens is 522 g/mol. The first kappa shape index (κ1) is 27.6. The number of amides is 1. The number of carbonyl (C=O) groups excluding carboxylic acids is 2. The molecule has 1 amide bonds. The maximum Gasteiger partial charge on any atom is 0.374 e. The van der Waals surface area contributed by atoms with Crippen molar-refractivity contribution in [2.24, 2.45) is 0 Å². The summed E-state index contributed by atoms with van der Waals surface area (Å²) in [5.41, 5.74) is 5.04. The molecule has 1 saturated heterocycles. The molecular formula is C32H35N3O4S. The molecule has 4 aromatic rings. The highest BCUT2D eigenvalue weighted by atomic mass is 32.2. The molecule has 0 bridgehead atoms. The lowest BCUT2D eigenvalue weighted by molar-refractivity contribution is -0.129. The predicted molar refractivity (Wildman–Crippen MR) is 161 cm³/mol. The molecule has 208 valence electrons. The van der Waals surface area contributed by atoms with Gasteiger partial charge in [0.1, 0.15) is 5.58 Å². The van der Waals surface area contributed by atoms with Crippen LogP contribution in [0.3, 0.4) is 0 Å². The van der Waals surface area contributed by atoms with E-state index in [0.717, 1.165) is 66.4 Å². The van der Waals surface area contributed by atoms with Crippen LogP contribution in [0.4, 0.5) is 11.4 Å². The third-order valence-electron chi connectivity index (χ3n) is 7.25. The summed E-state index contributed by atoms with van der Waals surface area (Å²) in [5.74, 6) is -0.0484. The Morgan fingerprint density at radius 1 is 0.975 bits per heavy atom. The standard InChI is InChI=1S/C32H35N3O4S/c1-4-38-32(37)31-23(2)27-22-26(14-15-30(27)39-31)40-35(17-16-25-10-6-5-7-11-25)29-13-9-8-12-28(29)34-20-18-33(19-21-34)24(3)36/h5-15,22H,4,16-21H2,1-3H3. The highest BCUT2D eigenvalue weighted by Crippen LogP contribution is 2.38. The molecule has 0 unspecified atom stereocenters. The molecule has 0 spiro atoms. The number of fused-ring (bicyclic) bond motifs is 1. The molecule has 7 nitrogen and oxygen atoms in total. The number of furan rings is 1. The molecule has 1 aliphatic heterocycles. The molecule has 3 aromatic carbocycles. The fourth-order valence-electron chi connectivity index (χ4n) is 5.07. The van der Waals surface area contributed by atoms with E-state index in [4.69, 9.17) is 9.15 Å². The van der Waals surface area contributed by atoms with Crippen LogP contribution in [0.25, 0.3) is 11.0 Å². The van der Waals surface area contributed by atoms with Gasteiger partial charge < -0.3 is 23.3 Å². The number of para-hydroxylation sites is 2. The summed E-state index contributed by atoms with van der Waals surface area (Å²) in [7, 11) is 0. The number of hydrogen-bond acceptors (Lipinski definition) is 7. The van der Waals surface area contributed by atoms with Crippen LogP contribution < -0.4 is 9.21 Å². The Labute approximate surface area is 239 Å². The van der Waals surface area contributed by atoms with Gasteiger partial charge in [-0.3, -0.25) is 4.79 Å². The molecule has 0 saturated carbocycles. The van der Waals surface area contributed by atoms with E-state index in [1.807, 2.05) is 30.0 Å². The lowest BCUT2D eigenvalue weighted by Crippen LogP contribution is -2.48. The van der Waals surface area contributed by atoms with Crippen molar-refractivity contribution in [2.75, 3.05) is 48.5 Å². The number of piperazine rings is 1. The minimum Gasteiger partial charge on any atom is -0.460 e. The molecule has 0 N–H and O–H groups in total. The van der Waals surface area contributed by atoms with Crippen molar-refractivity contribution in [1.82, 2.24) is 4.90 Å². The molecule has 0 aliphatic carbocycles. The Hall–Kier alpha value is -3.91. The molecule has 0 radical (unpaired) electrons.